The number of likely N-dealkylation sites (tertiary alicyclic amines) is 1. The van der Waals surface area contributed by atoms with Gasteiger partial charge in [0.15, 0.2) is 0 Å². The summed E-state index contributed by atoms with van der Waals surface area (Å²) in [6.45, 7) is 7.45. The van der Waals surface area contributed by atoms with Crippen molar-refractivity contribution < 1.29 is 5.11 Å². The minimum Gasteiger partial charge on any atom is -0.387 e. The molecule has 1 aliphatic rings. The number of benzene rings is 2. The molecule has 0 amide bonds. The molecule has 0 bridgehead atoms. The number of nitrogens with zero attached hydrogens (tertiary/aromatic N) is 1. The highest BCUT2D eigenvalue weighted by molar-refractivity contribution is 5.45. The van der Waals surface area contributed by atoms with Gasteiger partial charge in [-0.15, -0.1) is 0 Å². The zero-order chi connectivity index (χ0) is 19.1. The Hall–Kier alpha value is -1.84. The lowest BCUT2D eigenvalue weighted by Gasteiger charge is -2.38. The van der Waals surface area contributed by atoms with E-state index in [-0.39, 0.29) is 6.04 Å². The topological polar surface area (TPSA) is 35.5 Å². The summed E-state index contributed by atoms with van der Waals surface area (Å²) >= 11 is 0. The molecule has 27 heavy (non-hydrogen) atoms. The fourth-order valence-corrected chi connectivity index (χ4v) is 4.06. The fraction of sp³-hybridized carbons (Fsp3) is 0.500. The molecule has 0 radical (unpaired) electrons. The minimum atomic E-state index is -0.434. The third-order valence-corrected chi connectivity index (χ3v) is 5.88. The number of hydrogen-bond donors (Lipinski definition) is 2. The van der Waals surface area contributed by atoms with Gasteiger partial charge in [-0.3, -0.25) is 4.90 Å². The first kappa shape index (κ1) is 19.9. The van der Waals surface area contributed by atoms with Crippen LogP contribution in [0.4, 0.5) is 5.69 Å². The lowest BCUT2D eigenvalue weighted by molar-refractivity contribution is 0.0373. The molecule has 3 nitrogen and oxygen atoms in total. The molecule has 2 aromatic rings. The average Bonchev–Trinajstić information content (AvgIpc) is 2.73. The van der Waals surface area contributed by atoms with Crippen molar-refractivity contribution in [2.45, 2.75) is 51.7 Å². The van der Waals surface area contributed by atoms with Crippen LogP contribution in [0.5, 0.6) is 0 Å². The summed E-state index contributed by atoms with van der Waals surface area (Å²) in [4.78, 5) is 2.45. The van der Waals surface area contributed by atoms with Gasteiger partial charge in [-0.1, -0.05) is 49.4 Å². The van der Waals surface area contributed by atoms with E-state index in [1.165, 1.54) is 24.8 Å². The average molecular weight is 367 g/mol. The van der Waals surface area contributed by atoms with Gasteiger partial charge in [0, 0.05) is 18.3 Å². The molecule has 0 aliphatic carbocycles. The maximum atomic E-state index is 10.8. The predicted octanol–water partition coefficient (Wildman–Crippen LogP) is 4.89. The van der Waals surface area contributed by atoms with E-state index in [1.54, 1.807) is 0 Å². The summed E-state index contributed by atoms with van der Waals surface area (Å²) in [7, 11) is 0. The van der Waals surface area contributed by atoms with Crippen LogP contribution < -0.4 is 5.32 Å². The van der Waals surface area contributed by atoms with E-state index < -0.39 is 6.10 Å². The van der Waals surface area contributed by atoms with Crippen molar-refractivity contribution in [3.63, 3.8) is 0 Å². The first-order valence-electron chi connectivity index (χ1n) is 10.5. The molecule has 3 heteroatoms. The molecule has 1 fully saturated rings. The second-order valence-corrected chi connectivity index (χ2v) is 7.90. The molecule has 3 rings (SSSR count). The molecular weight excluding hydrogens is 332 g/mol. The molecule has 2 atom stereocenters. The normalized spacial score (nSPS) is 18.2. The smallest absolute Gasteiger partial charge is 0.0942 e. The first-order chi connectivity index (χ1) is 13.2. The number of anilines is 1. The van der Waals surface area contributed by atoms with Gasteiger partial charge in [-0.25, -0.2) is 0 Å². The Kier molecular flexibility index (Phi) is 7.31. The molecule has 0 unspecified atom stereocenters. The summed E-state index contributed by atoms with van der Waals surface area (Å²) in [5.74, 6) is 0.761. The van der Waals surface area contributed by atoms with Crippen molar-refractivity contribution in [2.24, 2.45) is 5.92 Å². The van der Waals surface area contributed by atoms with Crippen LogP contribution in [0, 0.1) is 5.92 Å². The van der Waals surface area contributed by atoms with Gasteiger partial charge in [0.25, 0.3) is 0 Å². The van der Waals surface area contributed by atoms with Crippen LogP contribution in [0.25, 0.3) is 0 Å². The van der Waals surface area contributed by atoms with Gasteiger partial charge < -0.3 is 10.4 Å². The van der Waals surface area contributed by atoms with Crippen LogP contribution >= 0.6 is 0 Å². The van der Waals surface area contributed by atoms with E-state index in [2.05, 4.69) is 78.7 Å². The number of aliphatic hydroxyl groups excluding tert-OH is 1. The van der Waals surface area contributed by atoms with Crippen LogP contribution in [0.15, 0.2) is 54.6 Å². The minimum absolute atomic E-state index is 0.150. The van der Waals surface area contributed by atoms with Gasteiger partial charge in [0.1, 0.15) is 0 Å². The fourth-order valence-electron chi connectivity index (χ4n) is 4.06. The summed E-state index contributed by atoms with van der Waals surface area (Å²) in [6.07, 6.45) is 4.29. The van der Waals surface area contributed by atoms with Gasteiger partial charge >= 0.3 is 0 Å². The molecule has 0 aromatic heterocycles. The van der Waals surface area contributed by atoms with Crippen molar-refractivity contribution in [1.29, 1.82) is 0 Å². The molecule has 0 saturated carbocycles. The third-order valence-electron chi connectivity index (χ3n) is 5.88. The SMILES string of the molecule is CCCNc1ccc([C@@H](O)[C@@H](C)N2CCC(Cc3ccccc3)CC2)cc1. The Labute approximate surface area is 164 Å². The van der Waals surface area contributed by atoms with E-state index in [0.717, 1.165) is 43.2 Å². The standard InChI is InChI=1S/C24H34N2O/c1-3-15-25-23-11-9-22(10-12-23)24(27)19(2)26-16-13-21(14-17-26)18-20-7-5-4-6-8-20/h4-12,19,21,24-25,27H,3,13-18H2,1-2H3/t19-,24+/m1/s1. The van der Waals surface area contributed by atoms with Crippen LogP contribution in [0.2, 0.25) is 0 Å². The predicted molar refractivity (Wildman–Crippen MR) is 114 cm³/mol. The number of hydrogen-bond acceptors (Lipinski definition) is 3. The highest BCUT2D eigenvalue weighted by atomic mass is 16.3. The monoisotopic (exact) mass is 366 g/mol. The summed E-state index contributed by atoms with van der Waals surface area (Å²) in [5, 5.41) is 14.2. The first-order valence-corrected chi connectivity index (χ1v) is 10.5. The van der Waals surface area contributed by atoms with E-state index >= 15 is 0 Å². The largest absolute Gasteiger partial charge is 0.387 e. The van der Waals surface area contributed by atoms with Crippen molar-refractivity contribution in [3.05, 3.63) is 65.7 Å². The molecular formula is C24H34N2O. The molecule has 2 aromatic carbocycles. The number of piperidine rings is 1. The van der Waals surface area contributed by atoms with E-state index in [4.69, 9.17) is 0 Å². The molecule has 1 aliphatic heterocycles. The lowest BCUT2D eigenvalue weighted by atomic mass is 9.89. The van der Waals surface area contributed by atoms with Crippen molar-refractivity contribution in [1.82, 2.24) is 4.90 Å². The summed E-state index contributed by atoms with van der Waals surface area (Å²) in [5.41, 5.74) is 3.58. The highest BCUT2D eigenvalue weighted by Crippen LogP contribution is 2.28. The Morgan fingerprint density at radius 2 is 1.70 bits per heavy atom. The molecule has 146 valence electrons. The zero-order valence-corrected chi connectivity index (χ0v) is 16.8. The zero-order valence-electron chi connectivity index (χ0n) is 16.8. The van der Waals surface area contributed by atoms with Gasteiger partial charge in [0.2, 0.25) is 0 Å². The third kappa shape index (κ3) is 5.57. The second kappa shape index (κ2) is 9.91. The molecule has 0 spiro atoms. The number of aliphatic hydroxyl groups is 1. The van der Waals surface area contributed by atoms with Crippen molar-refractivity contribution in [2.75, 3.05) is 25.0 Å². The Morgan fingerprint density at radius 1 is 1.04 bits per heavy atom. The van der Waals surface area contributed by atoms with Crippen LogP contribution in [0.3, 0.4) is 0 Å². The summed E-state index contributed by atoms with van der Waals surface area (Å²) < 4.78 is 0. The highest BCUT2D eigenvalue weighted by Gasteiger charge is 2.27. The van der Waals surface area contributed by atoms with Gasteiger partial charge in [0.05, 0.1) is 6.10 Å². The van der Waals surface area contributed by atoms with E-state index in [0.29, 0.717) is 0 Å². The van der Waals surface area contributed by atoms with E-state index in [1.807, 2.05) is 0 Å². The molecule has 1 heterocycles. The van der Waals surface area contributed by atoms with E-state index in [9.17, 15) is 5.11 Å². The maximum absolute atomic E-state index is 10.8. The van der Waals surface area contributed by atoms with Crippen LogP contribution in [-0.4, -0.2) is 35.7 Å². The molecule has 2 N–H and O–H groups in total. The van der Waals surface area contributed by atoms with Crippen molar-refractivity contribution >= 4 is 5.69 Å². The van der Waals surface area contributed by atoms with Crippen molar-refractivity contribution in [3.8, 4) is 0 Å². The maximum Gasteiger partial charge on any atom is 0.0942 e. The Balaban J connectivity index is 1.50. The Morgan fingerprint density at radius 3 is 2.33 bits per heavy atom. The Bertz CT molecular complexity index is 663. The number of rotatable bonds is 8. The lowest BCUT2D eigenvalue weighted by Crippen LogP contribution is -2.43. The summed E-state index contributed by atoms with van der Waals surface area (Å²) in [6, 6.07) is 19.2. The number of nitrogens with one attached hydrogen (secondary N) is 1. The molecule has 1 saturated heterocycles. The van der Waals surface area contributed by atoms with Crippen LogP contribution in [0.1, 0.15) is 50.3 Å². The quantitative estimate of drug-likeness (QED) is 0.698. The van der Waals surface area contributed by atoms with Crippen LogP contribution in [-0.2, 0) is 6.42 Å². The van der Waals surface area contributed by atoms with Gasteiger partial charge in [-0.05, 0) is 74.9 Å². The second-order valence-electron chi connectivity index (χ2n) is 7.90. The van der Waals surface area contributed by atoms with Gasteiger partial charge in [-0.2, -0.15) is 0 Å².